The summed E-state index contributed by atoms with van der Waals surface area (Å²) < 4.78 is 23.0. The first-order chi connectivity index (χ1) is 34.5. The van der Waals surface area contributed by atoms with E-state index in [0.29, 0.717) is 17.7 Å². The third kappa shape index (κ3) is 14.8. The number of ether oxygens (including phenoxy) is 4. The van der Waals surface area contributed by atoms with Crippen molar-refractivity contribution in [2.24, 2.45) is 17.8 Å². The predicted octanol–water partition coefficient (Wildman–Crippen LogP) is -0.356. The van der Waals surface area contributed by atoms with Crippen LogP contribution in [0.25, 0.3) is 0 Å². The Bertz CT molecular complexity index is 2360. The number of epoxide rings is 1. The average molecular weight is 1020 g/mol. The summed E-state index contributed by atoms with van der Waals surface area (Å²) in [6.45, 7) is 10.8. The van der Waals surface area contributed by atoms with Crippen LogP contribution in [0.15, 0.2) is 66.7 Å². The van der Waals surface area contributed by atoms with Gasteiger partial charge in [0.25, 0.3) is 0 Å². The fourth-order valence-electron chi connectivity index (χ4n) is 8.15. The van der Waals surface area contributed by atoms with E-state index in [0.717, 1.165) is 11.0 Å². The molecule has 22 heteroatoms. The number of carbonyl (C=O) groups excluding carboxylic acids is 9. The molecule has 4 bridgehead atoms. The first kappa shape index (κ1) is 57.0. The third-order valence-electron chi connectivity index (χ3n) is 13.4. The number of benzene rings is 2. The monoisotopic (exact) mass is 1020 g/mol. The molecule has 0 saturated carbocycles. The largest absolute Gasteiger partial charge is 0.487 e. The van der Waals surface area contributed by atoms with Gasteiger partial charge >= 0.3 is 11.9 Å². The minimum Gasteiger partial charge on any atom is -0.487 e. The van der Waals surface area contributed by atoms with Crippen LogP contribution in [-0.4, -0.2) is 155 Å². The number of aliphatic hydroxyl groups excluding tert-OH is 2. The Morgan fingerprint density at radius 1 is 0.822 bits per heavy atom. The van der Waals surface area contributed by atoms with E-state index in [4.69, 9.17) is 18.9 Å². The maximum absolute atomic E-state index is 15.2. The van der Waals surface area contributed by atoms with Crippen LogP contribution in [0, 0.1) is 17.8 Å². The summed E-state index contributed by atoms with van der Waals surface area (Å²) in [4.78, 5) is 129. The molecule has 0 aromatic heterocycles. The Labute approximate surface area is 424 Å². The van der Waals surface area contributed by atoms with Gasteiger partial charge in [-0.3, -0.25) is 38.4 Å². The van der Waals surface area contributed by atoms with Crippen LogP contribution in [0.4, 0.5) is 0 Å². The molecule has 6 rings (SSSR count). The van der Waals surface area contributed by atoms with E-state index in [1.807, 2.05) is 0 Å². The number of carbonyl (C=O) groups is 9. The molecule has 0 aliphatic carbocycles. The van der Waals surface area contributed by atoms with Gasteiger partial charge in [0, 0.05) is 19.5 Å². The Morgan fingerprint density at radius 2 is 1.45 bits per heavy atom. The number of fused-ring (bicyclic) bond motifs is 9. The number of amides is 7. The van der Waals surface area contributed by atoms with E-state index in [1.165, 1.54) is 58.2 Å². The quantitative estimate of drug-likeness (QED) is 0.118. The summed E-state index contributed by atoms with van der Waals surface area (Å²) in [5.41, 5.74) is -0.249. The van der Waals surface area contributed by atoms with Gasteiger partial charge < -0.3 is 66.0 Å². The van der Waals surface area contributed by atoms with Gasteiger partial charge in [0.15, 0.2) is 6.04 Å². The number of aliphatic hydroxyl groups is 2. The number of hydrogen-bond acceptors (Lipinski definition) is 15. The van der Waals surface area contributed by atoms with Crippen molar-refractivity contribution < 1.29 is 72.3 Å². The van der Waals surface area contributed by atoms with Crippen LogP contribution >= 0.6 is 0 Å². The summed E-state index contributed by atoms with van der Waals surface area (Å²) in [6.07, 6.45) is -2.39. The smallest absolute Gasteiger partial charge is 0.332 e. The van der Waals surface area contributed by atoms with Gasteiger partial charge in [-0.1, -0.05) is 83.5 Å². The number of rotatable bonds is 9. The molecule has 2 aromatic rings. The average Bonchev–Trinajstić information content (AvgIpc) is 4.17. The van der Waals surface area contributed by atoms with E-state index < -0.39 is 150 Å². The van der Waals surface area contributed by atoms with Crippen LogP contribution in [0.3, 0.4) is 0 Å². The summed E-state index contributed by atoms with van der Waals surface area (Å²) in [5.74, 6) is -10.7. The fraction of sp³-hybridized carbons (Fsp3) is 0.549. The van der Waals surface area contributed by atoms with Gasteiger partial charge in [-0.15, -0.1) is 0 Å². The minimum atomic E-state index is -1.94. The van der Waals surface area contributed by atoms with Crippen LogP contribution in [-0.2, 0) is 63.8 Å². The molecule has 22 nitrogen and oxygen atoms in total. The van der Waals surface area contributed by atoms with Gasteiger partial charge in [-0.05, 0) is 61.9 Å². The SMILES string of the molecule is CCC(C)C1NC(=O)[C@H](NC(=O)[C@@H](C)[C@@H](O)C(C)C)[C@H](C)OC(=O)[C@H]2COC(=O)CNC(=O)/C=C/[C@@]3(CO3)[C@H](C)Oc3ccc(cc3)[C@@H](NC1=O)C(=O)N(C)C(Cc1ccccc1)C(=O)NC(C(C)O)C(=O)N2. The molecule has 1 spiro atoms. The molecule has 4 aliphatic heterocycles. The van der Waals surface area contributed by atoms with E-state index in [-0.39, 0.29) is 18.6 Å². The predicted molar refractivity (Wildman–Crippen MR) is 260 cm³/mol. The summed E-state index contributed by atoms with van der Waals surface area (Å²) in [5, 5.41) is 37.1. The highest BCUT2D eigenvalue weighted by atomic mass is 16.6. The molecule has 5 unspecified atom stereocenters. The number of nitrogens with one attached hydrogen (secondary N) is 6. The molecular weight excluding hydrogens is 951 g/mol. The molecule has 7 amide bonds. The van der Waals surface area contributed by atoms with Gasteiger partial charge in [0.05, 0.1) is 24.7 Å². The Hall–Kier alpha value is -6.91. The number of cyclic esters (lactones) is 1. The standard InChI is InChI=1S/C51H69N7O15/c1-10-27(4)39-46(65)57-42-33-16-18-34(19-17-33)73-31(8)51(25-71-51)21-20-37(60)52-23-38(61)70-24-35(50(69)72-30(7)41(48(67)54-39)56-44(63)28(5)43(62)26(2)3)53-47(66)40(29(6)59)55-45(64)36(58(9)49(42)68)22-32-14-12-11-13-15-32/h11-21,26-31,35-36,39-43,59,62H,10,22-25H2,1-9H3,(H,52,60)(H,53,66)(H,54,67)(H,55,64)(H,56,63)(H,57,65)/b21-20+/t27?,28-,29?,30-,31-,35+,36?,39?,40?,41+,42+,43-,51+/m0/s1. The Morgan fingerprint density at radius 3 is 2.05 bits per heavy atom. The molecule has 398 valence electrons. The summed E-state index contributed by atoms with van der Waals surface area (Å²) in [6, 6.07) is 4.69. The number of esters is 2. The molecule has 73 heavy (non-hydrogen) atoms. The second-order valence-electron chi connectivity index (χ2n) is 19.2. The fourth-order valence-corrected chi connectivity index (χ4v) is 8.15. The van der Waals surface area contributed by atoms with Crippen molar-refractivity contribution in [2.75, 3.05) is 26.8 Å². The first-order valence-electron chi connectivity index (χ1n) is 24.4. The minimum absolute atomic E-state index is 0.141. The lowest BCUT2D eigenvalue weighted by molar-refractivity contribution is -0.160. The number of likely N-dealkylation sites (N-methyl/N-ethyl adjacent to an activating group) is 1. The van der Waals surface area contributed by atoms with Crippen molar-refractivity contribution >= 4 is 53.3 Å². The van der Waals surface area contributed by atoms with Crippen LogP contribution in [0.1, 0.15) is 79.0 Å². The van der Waals surface area contributed by atoms with Crippen molar-refractivity contribution in [3.05, 3.63) is 77.9 Å². The molecule has 2 fully saturated rings. The topological polar surface area (TPSA) is 310 Å². The zero-order valence-corrected chi connectivity index (χ0v) is 42.5. The highest BCUT2D eigenvalue weighted by molar-refractivity contribution is 5.98. The molecule has 0 radical (unpaired) electrons. The maximum atomic E-state index is 15.2. The maximum Gasteiger partial charge on any atom is 0.332 e. The van der Waals surface area contributed by atoms with E-state index in [2.05, 4.69) is 31.9 Å². The van der Waals surface area contributed by atoms with Crippen molar-refractivity contribution in [3.63, 3.8) is 0 Å². The highest BCUT2D eigenvalue weighted by Crippen LogP contribution is 2.35. The van der Waals surface area contributed by atoms with Crippen molar-refractivity contribution in [3.8, 4) is 5.75 Å². The number of hydrogen-bond donors (Lipinski definition) is 8. The second kappa shape index (κ2) is 25.2. The zero-order valence-electron chi connectivity index (χ0n) is 42.5. The zero-order chi connectivity index (χ0) is 53.9. The lowest BCUT2D eigenvalue weighted by Crippen LogP contribution is -2.61. The lowest BCUT2D eigenvalue weighted by Gasteiger charge is -2.34. The number of nitrogens with zero attached hydrogens (tertiary/aromatic N) is 1. The van der Waals surface area contributed by atoms with Gasteiger partial charge in [0.2, 0.25) is 41.4 Å². The van der Waals surface area contributed by atoms with Gasteiger partial charge in [0.1, 0.15) is 66.9 Å². The molecule has 2 saturated heterocycles. The van der Waals surface area contributed by atoms with Crippen LogP contribution < -0.4 is 36.6 Å². The normalized spacial score (nSPS) is 29.3. The summed E-state index contributed by atoms with van der Waals surface area (Å²) >= 11 is 0. The van der Waals surface area contributed by atoms with Gasteiger partial charge in [-0.25, -0.2) is 4.79 Å². The molecule has 2 aromatic carbocycles. The van der Waals surface area contributed by atoms with Crippen molar-refractivity contribution in [1.82, 2.24) is 36.8 Å². The third-order valence-corrected chi connectivity index (χ3v) is 13.4. The summed E-state index contributed by atoms with van der Waals surface area (Å²) in [7, 11) is 1.32. The van der Waals surface area contributed by atoms with Crippen LogP contribution in [0.2, 0.25) is 0 Å². The Kier molecular flexibility index (Phi) is 19.6. The molecule has 13 atom stereocenters. The lowest BCUT2D eigenvalue weighted by atomic mass is 9.93. The van der Waals surface area contributed by atoms with E-state index >= 15 is 4.79 Å². The Balaban J connectivity index is 1.72. The highest BCUT2D eigenvalue weighted by Gasteiger charge is 2.49. The molecule has 4 heterocycles. The van der Waals surface area contributed by atoms with Gasteiger partial charge in [-0.2, -0.15) is 0 Å². The van der Waals surface area contributed by atoms with Crippen molar-refractivity contribution in [2.45, 2.75) is 134 Å². The van der Waals surface area contributed by atoms with E-state index in [1.54, 1.807) is 65.0 Å². The molecule has 8 N–H and O–H groups in total. The first-order valence-corrected chi connectivity index (χ1v) is 24.4. The van der Waals surface area contributed by atoms with Crippen molar-refractivity contribution in [1.29, 1.82) is 0 Å². The van der Waals surface area contributed by atoms with E-state index in [9.17, 15) is 48.6 Å². The van der Waals surface area contributed by atoms with Crippen LogP contribution in [0.5, 0.6) is 5.75 Å². The molecular formula is C51H69N7O15. The molecule has 4 aliphatic rings. The second-order valence-corrected chi connectivity index (χ2v) is 19.2.